The molecule has 1 aromatic heterocycles. The second kappa shape index (κ2) is 5.25. The molecule has 16 heavy (non-hydrogen) atoms. The lowest BCUT2D eigenvalue weighted by atomic mass is 10.1. The maximum absolute atomic E-state index is 11.3. The molecular weight excluding hydrogens is 244 g/mol. The largest absolute Gasteiger partial charge is 0.305 e. The van der Waals surface area contributed by atoms with E-state index in [1.54, 1.807) is 24.5 Å². The van der Waals surface area contributed by atoms with Crippen molar-refractivity contribution in [1.82, 2.24) is 10.3 Å². The van der Waals surface area contributed by atoms with Crippen molar-refractivity contribution in [2.45, 2.75) is 26.3 Å². The number of sulfone groups is 1. The summed E-state index contributed by atoms with van der Waals surface area (Å²) >= 11 is 1.57. The molecule has 4 nitrogen and oxygen atoms in total. The number of nitrogens with zero attached hydrogens (tertiary/aromatic N) is 1. The first-order valence-electron chi connectivity index (χ1n) is 5.23. The summed E-state index contributed by atoms with van der Waals surface area (Å²) in [5, 5.41) is 6.11. The second-order valence-corrected chi connectivity index (χ2v) is 7.49. The van der Waals surface area contributed by atoms with Gasteiger partial charge in [-0.25, -0.2) is 13.4 Å². The molecule has 0 unspecified atom stereocenters. The average Bonchev–Trinajstić information content (AvgIpc) is 2.70. The first kappa shape index (κ1) is 13.6. The number of hydrogen-bond donors (Lipinski definition) is 1. The van der Waals surface area contributed by atoms with Gasteiger partial charge in [0.2, 0.25) is 0 Å². The monoisotopic (exact) mass is 262 g/mol. The van der Waals surface area contributed by atoms with E-state index in [0.29, 0.717) is 6.54 Å². The van der Waals surface area contributed by atoms with E-state index in [0.717, 1.165) is 5.01 Å². The first-order valence-corrected chi connectivity index (χ1v) is 7.93. The van der Waals surface area contributed by atoms with E-state index in [4.69, 9.17) is 0 Å². The molecule has 0 fully saturated rings. The minimum Gasteiger partial charge on any atom is -0.305 e. The van der Waals surface area contributed by atoms with Crippen LogP contribution in [0.5, 0.6) is 0 Å². The van der Waals surface area contributed by atoms with Gasteiger partial charge in [0.05, 0.1) is 11.3 Å². The van der Waals surface area contributed by atoms with E-state index in [-0.39, 0.29) is 17.0 Å². The van der Waals surface area contributed by atoms with Crippen molar-refractivity contribution in [3.8, 4) is 0 Å². The molecule has 1 rings (SSSR count). The fourth-order valence-electron chi connectivity index (χ4n) is 1.27. The molecule has 1 heterocycles. The zero-order chi connectivity index (χ0) is 12.2. The molecular formula is C10H18N2O2S2. The summed E-state index contributed by atoms with van der Waals surface area (Å²) < 4.78 is 22.6. The van der Waals surface area contributed by atoms with Crippen molar-refractivity contribution in [3.63, 3.8) is 0 Å². The fourth-order valence-corrected chi connectivity index (χ4v) is 2.71. The maximum atomic E-state index is 11.3. The van der Waals surface area contributed by atoms with Crippen molar-refractivity contribution in [3.05, 3.63) is 16.6 Å². The molecule has 0 aliphatic carbocycles. The van der Waals surface area contributed by atoms with E-state index in [2.05, 4.69) is 10.3 Å². The van der Waals surface area contributed by atoms with Crippen LogP contribution in [-0.4, -0.2) is 31.5 Å². The van der Waals surface area contributed by atoms with Gasteiger partial charge in [0.15, 0.2) is 9.84 Å². The van der Waals surface area contributed by atoms with Crippen LogP contribution in [0.15, 0.2) is 11.6 Å². The molecule has 0 amide bonds. The van der Waals surface area contributed by atoms with Crippen LogP contribution in [0, 0.1) is 0 Å². The molecule has 0 bridgehead atoms. The molecule has 92 valence electrons. The normalized spacial score (nSPS) is 12.9. The molecule has 0 aliphatic rings. The zero-order valence-electron chi connectivity index (χ0n) is 9.86. The third kappa shape index (κ3) is 3.84. The smallest absolute Gasteiger partial charge is 0.151 e. The van der Waals surface area contributed by atoms with Gasteiger partial charge in [-0.1, -0.05) is 6.92 Å². The number of aromatic nitrogens is 1. The van der Waals surface area contributed by atoms with Crippen LogP contribution < -0.4 is 5.32 Å². The van der Waals surface area contributed by atoms with E-state index in [1.807, 2.05) is 19.2 Å². The predicted octanol–water partition coefficient (Wildman–Crippen LogP) is 1.40. The standard InChI is InChI=1S/C10H18N2O2S2/c1-4-16(13,14)8-6-12-10(2,3)9-11-5-7-15-9/h5,7,12H,4,6,8H2,1-3H3. The lowest BCUT2D eigenvalue weighted by Gasteiger charge is -2.23. The Morgan fingerprint density at radius 1 is 1.50 bits per heavy atom. The number of rotatable bonds is 6. The van der Waals surface area contributed by atoms with Gasteiger partial charge in [0, 0.05) is 23.9 Å². The number of thiazole rings is 1. The van der Waals surface area contributed by atoms with Crippen molar-refractivity contribution in [2.75, 3.05) is 18.1 Å². The van der Waals surface area contributed by atoms with Gasteiger partial charge in [-0.3, -0.25) is 0 Å². The summed E-state index contributed by atoms with van der Waals surface area (Å²) in [5.41, 5.74) is -0.266. The third-order valence-electron chi connectivity index (χ3n) is 2.39. The van der Waals surface area contributed by atoms with Gasteiger partial charge in [-0.15, -0.1) is 11.3 Å². The van der Waals surface area contributed by atoms with Gasteiger partial charge in [-0.05, 0) is 13.8 Å². The van der Waals surface area contributed by atoms with Gasteiger partial charge in [0.25, 0.3) is 0 Å². The Morgan fingerprint density at radius 3 is 2.69 bits per heavy atom. The van der Waals surface area contributed by atoms with Crippen LogP contribution in [0.25, 0.3) is 0 Å². The van der Waals surface area contributed by atoms with E-state index in [9.17, 15) is 8.42 Å². The maximum Gasteiger partial charge on any atom is 0.151 e. The van der Waals surface area contributed by atoms with Gasteiger partial charge in [-0.2, -0.15) is 0 Å². The van der Waals surface area contributed by atoms with Crippen molar-refractivity contribution < 1.29 is 8.42 Å². The summed E-state index contributed by atoms with van der Waals surface area (Å²) in [7, 11) is -2.89. The lowest BCUT2D eigenvalue weighted by molar-refractivity contribution is 0.413. The fraction of sp³-hybridized carbons (Fsp3) is 0.700. The highest BCUT2D eigenvalue weighted by Crippen LogP contribution is 2.21. The van der Waals surface area contributed by atoms with Gasteiger partial charge < -0.3 is 5.32 Å². The van der Waals surface area contributed by atoms with Crippen molar-refractivity contribution in [1.29, 1.82) is 0 Å². The molecule has 0 atom stereocenters. The zero-order valence-corrected chi connectivity index (χ0v) is 11.5. The quantitative estimate of drug-likeness (QED) is 0.842. The molecule has 1 N–H and O–H groups in total. The molecule has 6 heteroatoms. The number of hydrogen-bond acceptors (Lipinski definition) is 5. The molecule has 1 aromatic rings. The Labute approximate surface area is 101 Å². The summed E-state index contributed by atoms with van der Waals surface area (Å²) in [6.45, 7) is 6.14. The SMILES string of the molecule is CCS(=O)(=O)CCNC(C)(C)c1nccs1. The van der Waals surface area contributed by atoms with Crippen molar-refractivity contribution >= 4 is 21.2 Å². The molecule has 0 saturated heterocycles. The predicted molar refractivity (Wildman–Crippen MR) is 67.5 cm³/mol. The van der Waals surface area contributed by atoms with Crippen LogP contribution in [0.3, 0.4) is 0 Å². The van der Waals surface area contributed by atoms with E-state index in [1.165, 1.54) is 0 Å². The Kier molecular flexibility index (Phi) is 4.46. The lowest BCUT2D eigenvalue weighted by Crippen LogP contribution is -2.39. The Hall–Kier alpha value is -0.460. The highest BCUT2D eigenvalue weighted by atomic mass is 32.2. The van der Waals surface area contributed by atoms with Gasteiger partial charge >= 0.3 is 0 Å². The average molecular weight is 262 g/mol. The molecule has 0 aromatic carbocycles. The van der Waals surface area contributed by atoms with Crippen LogP contribution in [0.4, 0.5) is 0 Å². The van der Waals surface area contributed by atoms with Crippen LogP contribution in [0.1, 0.15) is 25.8 Å². The molecule has 0 spiro atoms. The first-order chi connectivity index (χ1) is 7.37. The topological polar surface area (TPSA) is 59.1 Å². The summed E-state index contributed by atoms with van der Waals surface area (Å²) in [5.74, 6) is 0.380. The summed E-state index contributed by atoms with van der Waals surface area (Å²) in [6.07, 6.45) is 1.76. The van der Waals surface area contributed by atoms with Gasteiger partial charge in [0.1, 0.15) is 5.01 Å². The summed E-state index contributed by atoms with van der Waals surface area (Å²) in [4.78, 5) is 4.23. The Balaban J connectivity index is 2.50. The molecule has 0 saturated carbocycles. The highest BCUT2D eigenvalue weighted by Gasteiger charge is 2.22. The minimum absolute atomic E-state index is 0.179. The van der Waals surface area contributed by atoms with Crippen LogP contribution >= 0.6 is 11.3 Å². The Morgan fingerprint density at radius 2 is 2.19 bits per heavy atom. The molecule has 0 aliphatic heterocycles. The van der Waals surface area contributed by atoms with E-state index < -0.39 is 9.84 Å². The molecule has 0 radical (unpaired) electrons. The summed E-state index contributed by atoms with van der Waals surface area (Å²) in [6, 6.07) is 0. The van der Waals surface area contributed by atoms with E-state index >= 15 is 0 Å². The van der Waals surface area contributed by atoms with Crippen LogP contribution in [-0.2, 0) is 15.4 Å². The second-order valence-electron chi connectivity index (χ2n) is 4.13. The van der Waals surface area contributed by atoms with Crippen molar-refractivity contribution in [2.24, 2.45) is 0 Å². The van der Waals surface area contributed by atoms with Crippen LogP contribution in [0.2, 0.25) is 0 Å². The highest BCUT2D eigenvalue weighted by molar-refractivity contribution is 7.91. The number of nitrogens with one attached hydrogen (secondary N) is 1. The minimum atomic E-state index is -2.89. The Bertz CT molecular complexity index is 410. The third-order valence-corrected chi connectivity index (χ3v) is 5.19.